The number of sulfonamides is 1. The lowest BCUT2D eigenvalue weighted by atomic mass is 10.0. The molecule has 1 aromatic heterocycles. The number of hydrogen-bond acceptors (Lipinski definition) is 3. The molecule has 0 fully saturated rings. The van der Waals surface area contributed by atoms with Crippen molar-refractivity contribution >= 4 is 27.3 Å². The molecular formula is C24H21ClFN3O2S. The second-order valence-electron chi connectivity index (χ2n) is 7.63. The van der Waals surface area contributed by atoms with Gasteiger partial charge < -0.3 is 0 Å². The zero-order chi connectivity index (χ0) is 23.0. The van der Waals surface area contributed by atoms with Crippen molar-refractivity contribution in [3.63, 3.8) is 0 Å². The first-order valence-electron chi connectivity index (χ1n) is 9.87. The Morgan fingerprint density at radius 3 is 2.34 bits per heavy atom. The number of hydrogen-bond donors (Lipinski definition) is 1. The van der Waals surface area contributed by atoms with Gasteiger partial charge in [0.25, 0.3) is 10.0 Å². The summed E-state index contributed by atoms with van der Waals surface area (Å²) in [6.07, 6.45) is 0. The van der Waals surface area contributed by atoms with Crippen LogP contribution in [-0.4, -0.2) is 18.2 Å². The maximum absolute atomic E-state index is 13.3. The highest BCUT2D eigenvalue weighted by atomic mass is 35.5. The third kappa shape index (κ3) is 4.40. The normalized spacial score (nSPS) is 11.5. The molecule has 0 spiro atoms. The van der Waals surface area contributed by atoms with Crippen molar-refractivity contribution in [3.8, 4) is 16.9 Å². The van der Waals surface area contributed by atoms with E-state index in [9.17, 15) is 12.8 Å². The molecule has 0 bridgehead atoms. The Bertz CT molecular complexity index is 1410. The van der Waals surface area contributed by atoms with Gasteiger partial charge in [-0.1, -0.05) is 29.3 Å². The molecule has 0 radical (unpaired) electrons. The number of aryl methyl sites for hydroxylation is 3. The predicted molar refractivity (Wildman–Crippen MR) is 125 cm³/mol. The fourth-order valence-electron chi connectivity index (χ4n) is 3.44. The minimum absolute atomic E-state index is 0.0684. The van der Waals surface area contributed by atoms with Crippen LogP contribution in [0.25, 0.3) is 16.9 Å². The Kier molecular flexibility index (Phi) is 5.79. The van der Waals surface area contributed by atoms with Crippen molar-refractivity contribution in [1.29, 1.82) is 0 Å². The highest BCUT2D eigenvalue weighted by Crippen LogP contribution is 2.29. The monoisotopic (exact) mass is 469 g/mol. The van der Waals surface area contributed by atoms with Gasteiger partial charge in [0, 0.05) is 5.56 Å². The summed E-state index contributed by atoms with van der Waals surface area (Å²) >= 11 is 5.75. The van der Waals surface area contributed by atoms with Gasteiger partial charge in [0.1, 0.15) is 5.82 Å². The first-order chi connectivity index (χ1) is 15.1. The van der Waals surface area contributed by atoms with Gasteiger partial charge in [0.2, 0.25) is 0 Å². The molecule has 164 valence electrons. The molecule has 0 unspecified atom stereocenters. The standard InChI is InChI=1S/C24H21ClFN3O2S/c1-15-4-5-16(2)21(12-15)24-13-17(3)27-29(24)19-7-9-20(10-8-19)32(30,31)28-18-6-11-23(26)22(25)14-18/h4-14,28H,1-3H3. The molecule has 1 heterocycles. The quantitative estimate of drug-likeness (QED) is 0.386. The topological polar surface area (TPSA) is 64.0 Å². The van der Waals surface area contributed by atoms with Crippen molar-refractivity contribution in [2.45, 2.75) is 25.7 Å². The molecule has 0 aliphatic rings. The number of aromatic nitrogens is 2. The molecule has 0 aliphatic heterocycles. The van der Waals surface area contributed by atoms with Crippen LogP contribution in [0.1, 0.15) is 16.8 Å². The molecule has 0 saturated carbocycles. The Morgan fingerprint density at radius 2 is 1.66 bits per heavy atom. The summed E-state index contributed by atoms with van der Waals surface area (Å²) in [6, 6.07) is 18.3. The van der Waals surface area contributed by atoms with Crippen LogP contribution in [-0.2, 0) is 10.0 Å². The van der Waals surface area contributed by atoms with Crippen molar-refractivity contribution < 1.29 is 12.8 Å². The summed E-state index contributed by atoms with van der Waals surface area (Å²) in [4.78, 5) is 0.0684. The van der Waals surface area contributed by atoms with Gasteiger partial charge in [0.05, 0.1) is 32.7 Å². The SMILES string of the molecule is Cc1ccc(C)c(-c2cc(C)nn2-c2ccc(S(=O)(=O)Nc3ccc(F)c(Cl)c3)cc2)c1. The maximum atomic E-state index is 13.3. The summed E-state index contributed by atoms with van der Waals surface area (Å²) in [5.74, 6) is -0.617. The first-order valence-corrected chi connectivity index (χ1v) is 11.7. The molecule has 5 nitrogen and oxygen atoms in total. The molecule has 0 aliphatic carbocycles. The Morgan fingerprint density at radius 1 is 0.938 bits per heavy atom. The molecule has 1 N–H and O–H groups in total. The van der Waals surface area contributed by atoms with Gasteiger partial charge in [-0.3, -0.25) is 4.72 Å². The molecule has 0 saturated heterocycles. The average Bonchev–Trinajstić information content (AvgIpc) is 3.14. The molecule has 0 atom stereocenters. The van der Waals surface area contributed by atoms with Crippen LogP contribution >= 0.6 is 11.6 Å². The van der Waals surface area contributed by atoms with Gasteiger partial charge in [0.15, 0.2) is 0 Å². The van der Waals surface area contributed by atoms with E-state index in [1.54, 1.807) is 16.8 Å². The van der Waals surface area contributed by atoms with E-state index in [4.69, 9.17) is 11.6 Å². The third-order valence-electron chi connectivity index (χ3n) is 5.06. The number of rotatable bonds is 5. The van der Waals surface area contributed by atoms with Crippen molar-refractivity contribution in [2.24, 2.45) is 0 Å². The lowest BCUT2D eigenvalue weighted by Gasteiger charge is -2.12. The van der Waals surface area contributed by atoms with Crippen LogP contribution in [0.15, 0.2) is 71.6 Å². The van der Waals surface area contributed by atoms with Gasteiger partial charge in [-0.05, 0) is 80.9 Å². The van der Waals surface area contributed by atoms with Crippen molar-refractivity contribution in [2.75, 3.05) is 4.72 Å². The van der Waals surface area contributed by atoms with Crippen LogP contribution in [0.3, 0.4) is 0 Å². The summed E-state index contributed by atoms with van der Waals surface area (Å²) in [5, 5.41) is 4.45. The highest BCUT2D eigenvalue weighted by Gasteiger charge is 2.17. The van der Waals surface area contributed by atoms with Crippen molar-refractivity contribution in [1.82, 2.24) is 9.78 Å². The second-order valence-corrected chi connectivity index (χ2v) is 9.72. The number of nitrogens with zero attached hydrogens (tertiary/aromatic N) is 2. The van der Waals surface area contributed by atoms with E-state index in [0.717, 1.165) is 39.8 Å². The Labute approximate surface area is 191 Å². The van der Waals surface area contributed by atoms with Gasteiger partial charge >= 0.3 is 0 Å². The van der Waals surface area contributed by atoms with E-state index in [1.165, 1.54) is 24.3 Å². The van der Waals surface area contributed by atoms with E-state index in [0.29, 0.717) is 0 Å². The van der Waals surface area contributed by atoms with E-state index >= 15 is 0 Å². The van der Waals surface area contributed by atoms with Gasteiger partial charge in [-0.2, -0.15) is 5.10 Å². The van der Waals surface area contributed by atoms with E-state index in [1.807, 2.05) is 26.8 Å². The number of anilines is 1. The van der Waals surface area contributed by atoms with Crippen LogP contribution in [0, 0.1) is 26.6 Å². The summed E-state index contributed by atoms with van der Waals surface area (Å²) < 4.78 is 43.1. The first kappa shape index (κ1) is 22.0. The van der Waals surface area contributed by atoms with E-state index in [2.05, 4.69) is 28.0 Å². The molecule has 8 heteroatoms. The zero-order valence-electron chi connectivity index (χ0n) is 17.7. The molecule has 32 heavy (non-hydrogen) atoms. The van der Waals surface area contributed by atoms with Crippen molar-refractivity contribution in [3.05, 3.63) is 94.4 Å². The predicted octanol–water partition coefficient (Wildman–Crippen LogP) is 6.06. The lowest BCUT2D eigenvalue weighted by molar-refractivity contribution is 0.601. The number of benzene rings is 3. The minimum Gasteiger partial charge on any atom is -0.280 e. The molecule has 3 aromatic carbocycles. The Hall–Kier alpha value is -3.16. The van der Waals surface area contributed by atoms with Crippen LogP contribution in [0.2, 0.25) is 5.02 Å². The summed E-state index contributed by atoms with van der Waals surface area (Å²) in [5.41, 5.74) is 6.03. The fourth-order valence-corrected chi connectivity index (χ4v) is 4.67. The van der Waals surface area contributed by atoms with E-state index < -0.39 is 15.8 Å². The smallest absolute Gasteiger partial charge is 0.261 e. The fraction of sp³-hybridized carbons (Fsp3) is 0.125. The third-order valence-corrected chi connectivity index (χ3v) is 6.75. The molecule has 4 rings (SSSR count). The summed E-state index contributed by atoms with van der Waals surface area (Å²) in [7, 11) is -3.87. The Balaban J connectivity index is 1.67. The lowest BCUT2D eigenvalue weighted by Crippen LogP contribution is -2.13. The maximum Gasteiger partial charge on any atom is 0.261 e. The molecule has 0 amide bonds. The zero-order valence-corrected chi connectivity index (χ0v) is 19.3. The number of halogens is 2. The van der Waals surface area contributed by atoms with Gasteiger partial charge in [-0.25, -0.2) is 17.5 Å². The molecule has 4 aromatic rings. The van der Waals surface area contributed by atoms with E-state index in [-0.39, 0.29) is 15.6 Å². The average molecular weight is 470 g/mol. The minimum atomic E-state index is -3.87. The van der Waals surface area contributed by atoms with Gasteiger partial charge in [-0.15, -0.1) is 0 Å². The molecular weight excluding hydrogens is 449 g/mol. The second kappa shape index (κ2) is 8.41. The van der Waals surface area contributed by atoms with Crippen LogP contribution < -0.4 is 4.72 Å². The highest BCUT2D eigenvalue weighted by molar-refractivity contribution is 7.92. The van der Waals surface area contributed by atoms with Crippen LogP contribution in [0.5, 0.6) is 0 Å². The largest absolute Gasteiger partial charge is 0.280 e. The summed E-state index contributed by atoms with van der Waals surface area (Å²) in [6.45, 7) is 6.00. The van der Waals surface area contributed by atoms with Crippen LogP contribution in [0.4, 0.5) is 10.1 Å². The number of nitrogens with one attached hydrogen (secondary N) is 1.